The third kappa shape index (κ3) is 3.77. The maximum atomic E-state index is 12.9. The maximum absolute atomic E-state index is 12.9. The molecule has 1 atom stereocenters. The molecule has 9 nitrogen and oxygen atoms in total. The quantitative estimate of drug-likeness (QED) is 0.416. The van der Waals surface area contributed by atoms with Crippen LogP contribution in [0.5, 0.6) is 28.7 Å². The highest BCUT2D eigenvalue weighted by atomic mass is 16.7. The molecule has 0 aliphatic carbocycles. The zero-order valence-electron chi connectivity index (χ0n) is 19.8. The van der Waals surface area contributed by atoms with Gasteiger partial charge >= 0.3 is 11.9 Å². The molecule has 2 N–H and O–H groups in total. The molecule has 2 heterocycles. The number of fused-ring (bicyclic) bond motifs is 3. The van der Waals surface area contributed by atoms with E-state index < -0.39 is 18.0 Å². The summed E-state index contributed by atoms with van der Waals surface area (Å²) >= 11 is 0. The average molecular weight is 479 g/mol. The van der Waals surface area contributed by atoms with Gasteiger partial charge in [-0.2, -0.15) is 0 Å². The normalized spacial score (nSPS) is 14.6. The zero-order chi connectivity index (χ0) is 24.9. The molecule has 0 unspecified atom stereocenters. The SMILES string of the molecule is COc1cc2cc3c(c(-c4cc5c(cc4OC(=O)[C@H](N)C(C)C)OCO5)c2cc1OC)C(=O)OC3. The molecule has 0 fully saturated rings. The third-order valence-electron chi connectivity index (χ3n) is 6.23. The molecule has 3 aromatic rings. The predicted molar refractivity (Wildman–Crippen MR) is 126 cm³/mol. The fourth-order valence-electron chi connectivity index (χ4n) is 4.28. The summed E-state index contributed by atoms with van der Waals surface area (Å²) in [4.78, 5) is 25.7. The van der Waals surface area contributed by atoms with Gasteiger partial charge in [0.25, 0.3) is 0 Å². The van der Waals surface area contributed by atoms with Gasteiger partial charge in [-0.1, -0.05) is 13.8 Å². The van der Waals surface area contributed by atoms with Gasteiger partial charge in [0.15, 0.2) is 23.0 Å². The number of nitrogens with two attached hydrogens (primary N) is 1. The second-order valence-electron chi connectivity index (χ2n) is 8.68. The van der Waals surface area contributed by atoms with E-state index in [9.17, 15) is 9.59 Å². The minimum absolute atomic E-state index is 0.0262. The van der Waals surface area contributed by atoms with Crippen molar-refractivity contribution in [2.45, 2.75) is 26.5 Å². The molecule has 0 radical (unpaired) electrons. The Morgan fingerprint density at radius 3 is 2.29 bits per heavy atom. The van der Waals surface area contributed by atoms with Crippen molar-refractivity contribution in [2.24, 2.45) is 11.7 Å². The van der Waals surface area contributed by atoms with E-state index in [0.29, 0.717) is 50.6 Å². The molecule has 9 heteroatoms. The molecule has 0 saturated heterocycles. The van der Waals surface area contributed by atoms with Crippen molar-refractivity contribution in [1.29, 1.82) is 0 Å². The van der Waals surface area contributed by atoms with Crippen LogP contribution < -0.4 is 29.4 Å². The highest BCUT2D eigenvalue weighted by molar-refractivity contribution is 6.12. The summed E-state index contributed by atoms with van der Waals surface area (Å²) in [6.07, 6.45) is 0. The topological polar surface area (TPSA) is 116 Å². The summed E-state index contributed by atoms with van der Waals surface area (Å²) < 4.78 is 33.3. The molecule has 0 spiro atoms. The van der Waals surface area contributed by atoms with E-state index in [0.717, 1.165) is 5.39 Å². The van der Waals surface area contributed by atoms with Crippen LogP contribution in [0.1, 0.15) is 29.8 Å². The monoisotopic (exact) mass is 479 g/mol. The molecule has 5 rings (SSSR count). The Morgan fingerprint density at radius 1 is 0.914 bits per heavy atom. The molecule has 0 aromatic heterocycles. The van der Waals surface area contributed by atoms with Crippen LogP contribution in [0.15, 0.2) is 30.3 Å². The fraction of sp³-hybridized carbons (Fsp3) is 0.308. The van der Waals surface area contributed by atoms with Crippen molar-refractivity contribution in [2.75, 3.05) is 21.0 Å². The molecule has 0 saturated carbocycles. The van der Waals surface area contributed by atoms with E-state index in [1.54, 1.807) is 25.3 Å². The molecular weight excluding hydrogens is 454 g/mol. The highest BCUT2D eigenvalue weighted by Crippen LogP contribution is 2.48. The van der Waals surface area contributed by atoms with Crippen LogP contribution in [0.3, 0.4) is 0 Å². The summed E-state index contributed by atoms with van der Waals surface area (Å²) in [5.74, 6) is 0.899. The van der Waals surface area contributed by atoms with Crippen LogP contribution in [-0.4, -0.2) is 39.0 Å². The van der Waals surface area contributed by atoms with Crippen LogP contribution in [-0.2, 0) is 16.1 Å². The van der Waals surface area contributed by atoms with Crippen molar-refractivity contribution in [3.8, 4) is 39.9 Å². The van der Waals surface area contributed by atoms with Gasteiger partial charge in [-0.15, -0.1) is 0 Å². The Kier molecular flexibility index (Phi) is 5.64. The van der Waals surface area contributed by atoms with E-state index >= 15 is 0 Å². The third-order valence-corrected chi connectivity index (χ3v) is 6.23. The van der Waals surface area contributed by atoms with Gasteiger partial charge in [-0.05, 0) is 41.0 Å². The van der Waals surface area contributed by atoms with Crippen molar-refractivity contribution in [3.05, 3.63) is 41.5 Å². The number of carbonyl (C=O) groups excluding carboxylic acids is 2. The Morgan fingerprint density at radius 2 is 1.60 bits per heavy atom. The first-order chi connectivity index (χ1) is 16.8. The number of hydrogen-bond donors (Lipinski definition) is 1. The number of carbonyl (C=O) groups is 2. The summed E-state index contributed by atoms with van der Waals surface area (Å²) in [7, 11) is 3.09. The Bertz CT molecular complexity index is 1360. The van der Waals surface area contributed by atoms with E-state index in [4.69, 9.17) is 34.2 Å². The summed E-state index contributed by atoms with van der Waals surface area (Å²) in [5, 5.41) is 1.48. The lowest BCUT2D eigenvalue weighted by Gasteiger charge is -2.19. The van der Waals surface area contributed by atoms with Gasteiger partial charge in [0, 0.05) is 22.8 Å². The fourth-order valence-corrected chi connectivity index (χ4v) is 4.28. The summed E-state index contributed by atoms with van der Waals surface area (Å²) in [6, 6.07) is 7.94. The standard InChI is InChI=1S/C26H25NO8/c1-12(2)24(27)26(29)35-17-9-21-20(33-11-34-21)8-16(17)23-15-7-19(31-4)18(30-3)6-13(15)5-14-10-32-25(28)22(14)23/h5-9,12,24H,10-11,27H2,1-4H3/t24-/m1/s1. The second-order valence-corrected chi connectivity index (χ2v) is 8.68. The first-order valence-corrected chi connectivity index (χ1v) is 11.1. The number of cyclic esters (lactones) is 1. The molecule has 0 bridgehead atoms. The molecule has 35 heavy (non-hydrogen) atoms. The summed E-state index contributed by atoms with van der Waals surface area (Å²) in [6.45, 7) is 3.82. The second kappa shape index (κ2) is 8.66. The number of rotatable bonds is 6. The van der Waals surface area contributed by atoms with Crippen LogP contribution in [0.25, 0.3) is 21.9 Å². The molecule has 2 aliphatic rings. The Balaban J connectivity index is 1.81. The van der Waals surface area contributed by atoms with E-state index in [1.165, 1.54) is 7.11 Å². The largest absolute Gasteiger partial charge is 0.493 e. The first-order valence-electron chi connectivity index (χ1n) is 11.1. The minimum Gasteiger partial charge on any atom is -0.493 e. The highest BCUT2D eigenvalue weighted by Gasteiger charge is 2.32. The van der Waals surface area contributed by atoms with Crippen LogP contribution >= 0.6 is 0 Å². The molecule has 3 aromatic carbocycles. The zero-order valence-corrected chi connectivity index (χ0v) is 19.8. The van der Waals surface area contributed by atoms with Gasteiger partial charge in [0.2, 0.25) is 6.79 Å². The van der Waals surface area contributed by atoms with Crippen LogP contribution in [0.4, 0.5) is 0 Å². The molecule has 182 valence electrons. The number of ether oxygens (including phenoxy) is 6. The van der Waals surface area contributed by atoms with Crippen molar-refractivity contribution >= 4 is 22.7 Å². The minimum atomic E-state index is -0.833. The Hall–Kier alpha value is -3.98. The van der Waals surface area contributed by atoms with Crippen molar-refractivity contribution < 1.29 is 38.0 Å². The van der Waals surface area contributed by atoms with Gasteiger partial charge in [0.1, 0.15) is 18.4 Å². The van der Waals surface area contributed by atoms with Crippen molar-refractivity contribution in [3.63, 3.8) is 0 Å². The summed E-state index contributed by atoms with van der Waals surface area (Å²) in [5.41, 5.74) is 8.13. The smallest absolute Gasteiger partial charge is 0.339 e. The van der Waals surface area contributed by atoms with Gasteiger partial charge in [0.05, 0.1) is 19.8 Å². The van der Waals surface area contributed by atoms with E-state index in [2.05, 4.69) is 0 Å². The predicted octanol–water partition coefficient (Wildman–Crippen LogP) is 3.81. The first kappa shape index (κ1) is 22.8. The Labute approximate surface area is 201 Å². The number of methoxy groups -OCH3 is 2. The number of hydrogen-bond acceptors (Lipinski definition) is 9. The average Bonchev–Trinajstić information content (AvgIpc) is 3.46. The lowest BCUT2D eigenvalue weighted by atomic mass is 9.89. The van der Waals surface area contributed by atoms with E-state index in [1.807, 2.05) is 26.0 Å². The maximum Gasteiger partial charge on any atom is 0.339 e. The number of esters is 2. The van der Waals surface area contributed by atoms with Gasteiger partial charge < -0.3 is 34.2 Å². The van der Waals surface area contributed by atoms with Gasteiger partial charge in [-0.25, -0.2) is 9.59 Å². The van der Waals surface area contributed by atoms with Crippen molar-refractivity contribution in [1.82, 2.24) is 0 Å². The van der Waals surface area contributed by atoms with E-state index in [-0.39, 0.29) is 25.1 Å². The van der Waals surface area contributed by atoms with Crippen LogP contribution in [0.2, 0.25) is 0 Å². The van der Waals surface area contributed by atoms with Gasteiger partial charge in [-0.3, -0.25) is 0 Å². The lowest BCUT2D eigenvalue weighted by molar-refractivity contribution is -0.136. The molecular formula is C26H25NO8. The lowest BCUT2D eigenvalue weighted by Crippen LogP contribution is -2.38. The molecule has 0 amide bonds. The number of benzene rings is 3. The van der Waals surface area contributed by atoms with Crippen LogP contribution in [0, 0.1) is 5.92 Å². The molecule has 2 aliphatic heterocycles.